The molecule has 0 unspecified atom stereocenters. The standard InChI is InChI=1S/C17H19N3O3/c1-13-5-6-14(15(12-13)19-8-10-23-11-9-19)17(21)18-16-4-2-3-7-20(16)22/h2-7,12,22H,8-11H2,1H3. The van der Waals surface area contributed by atoms with Gasteiger partial charge >= 0.3 is 0 Å². The second-order valence-electron chi connectivity index (χ2n) is 5.44. The zero-order valence-electron chi connectivity index (χ0n) is 13.0. The van der Waals surface area contributed by atoms with Crippen molar-refractivity contribution in [3.05, 3.63) is 59.2 Å². The summed E-state index contributed by atoms with van der Waals surface area (Å²) < 4.78 is 6.21. The van der Waals surface area contributed by atoms with E-state index < -0.39 is 0 Å². The van der Waals surface area contributed by atoms with Crippen molar-refractivity contribution in [3.8, 4) is 0 Å². The first kappa shape index (κ1) is 15.3. The minimum atomic E-state index is -0.375. The Morgan fingerprint density at radius 3 is 2.74 bits per heavy atom. The van der Waals surface area contributed by atoms with E-state index in [9.17, 15) is 10.0 Å². The maximum atomic E-state index is 12.6. The first-order valence-electron chi connectivity index (χ1n) is 7.54. The number of anilines is 1. The van der Waals surface area contributed by atoms with Gasteiger partial charge in [-0.05, 0) is 36.8 Å². The van der Waals surface area contributed by atoms with Gasteiger partial charge in [0.15, 0.2) is 5.49 Å². The topological polar surface area (TPSA) is 67.1 Å². The third-order valence-corrected chi connectivity index (χ3v) is 3.77. The average Bonchev–Trinajstić information content (AvgIpc) is 2.57. The summed E-state index contributed by atoms with van der Waals surface area (Å²) in [7, 11) is 0. The molecule has 1 amide bonds. The third kappa shape index (κ3) is 3.43. The maximum absolute atomic E-state index is 12.6. The normalized spacial score (nSPS) is 15.7. The van der Waals surface area contributed by atoms with Gasteiger partial charge in [-0.2, -0.15) is 9.72 Å². The van der Waals surface area contributed by atoms with Gasteiger partial charge in [0.2, 0.25) is 0 Å². The van der Waals surface area contributed by atoms with Crippen molar-refractivity contribution < 1.29 is 14.7 Å². The van der Waals surface area contributed by atoms with E-state index in [0.717, 1.165) is 29.1 Å². The number of hydrogen-bond acceptors (Lipinski definition) is 4. The van der Waals surface area contributed by atoms with Gasteiger partial charge in [0.1, 0.15) is 0 Å². The fourth-order valence-electron chi connectivity index (χ4n) is 2.57. The number of carbonyl (C=O) groups is 1. The summed E-state index contributed by atoms with van der Waals surface area (Å²) in [5.74, 6) is -0.375. The molecule has 0 spiro atoms. The minimum absolute atomic E-state index is 0.200. The Morgan fingerprint density at radius 1 is 1.22 bits per heavy atom. The van der Waals surface area contributed by atoms with Crippen molar-refractivity contribution in [2.45, 2.75) is 6.92 Å². The highest BCUT2D eigenvalue weighted by atomic mass is 16.5. The number of rotatable bonds is 2. The number of aromatic nitrogens is 1. The van der Waals surface area contributed by atoms with E-state index in [4.69, 9.17) is 4.74 Å². The SMILES string of the molecule is Cc1ccc(C(=O)N=c2ccccn2O)c(N2CCOCC2)c1. The molecule has 120 valence electrons. The number of nitrogens with zero attached hydrogens (tertiary/aromatic N) is 3. The minimum Gasteiger partial charge on any atom is -0.427 e. The number of benzene rings is 1. The van der Waals surface area contributed by atoms with Crippen molar-refractivity contribution in [1.29, 1.82) is 0 Å². The number of ether oxygens (including phenoxy) is 1. The summed E-state index contributed by atoms with van der Waals surface area (Å²) in [4.78, 5) is 18.8. The van der Waals surface area contributed by atoms with Gasteiger partial charge in [-0.15, -0.1) is 0 Å². The molecule has 6 heteroatoms. The van der Waals surface area contributed by atoms with Crippen molar-refractivity contribution in [3.63, 3.8) is 0 Å². The number of amides is 1. The highest BCUT2D eigenvalue weighted by Crippen LogP contribution is 2.24. The van der Waals surface area contributed by atoms with Crippen molar-refractivity contribution in [2.75, 3.05) is 31.2 Å². The van der Waals surface area contributed by atoms with Crippen molar-refractivity contribution in [2.24, 2.45) is 4.99 Å². The van der Waals surface area contributed by atoms with Crippen LogP contribution in [0.1, 0.15) is 15.9 Å². The Kier molecular flexibility index (Phi) is 4.43. The van der Waals surface area contributed by atoms with E-state index in [1.165, 1.54) is 6.20 Å². The molecule has 23 heavy (non-hydrogen) atoms. The van der Waals surface area contributed by atoms with Crippen LogP contribution in [-0.2, 0) is 4.74 Å². The maximum Gasteiger partial charge on any atom is 0.281 e. The Morgan fingerprint density at radius 2 is 2.00 bits per heavy atom. The summed E-state index contributed by atoms with van der Waals surface area (Å²) in [5, 5.41) is 9.71. The number of morpholine rings is 1. The average molecular weight is 313 g/mol. The number of hydrogen-bond donors (Lipinski definition) is 1. The lowest BCUT2D eigenvalue weighted by Crippen LogP contribution is -2.37. The summed E-state index contributed by atoms with van der Waals surface area (Å²) in [6.07, 6.45) is 1.43. The molecule has 1 saturated heterocycles. The molecule has 1 aliphatic rings. The Bertz CT molecular complexity index is 777. The quantitative estimate of drug-likeness (QED) is 0.856. The second kappa shape index (κ2) is 6.66. The zero-order chi connectivity index (χ0) is 16.2. The van der Waals surface area contributed by atoms with Gasteiger partial charge in [0.25, 0.3) is 5.91 Å². The summed E-state index contributed by atoms with van der Waals surface area (Å²) in [6.45, 7) is 4.78. The van der Waals surface area contributed by atoms with E-state index in [-0.39, 0.29) is 11.4 Å². The highest BCUT2D eigenvalue weighted by molar-refractivity contribution is 6.00. The van der Waals surface area contributed by atoms with E-state index in [1.807, 2.05) is 19.1 Å². The van der Waals surface area contributed by atoms with Crippen LogP contribution in [0.3, 0.4) is 0 Å². The van der Waals surface area contributed by atoms with Gasteiger partial charge in [0.05, 0.1) is 24.5 Å². The van der Waals surface area contributed by atoms with Crippen LogP contribution in [0.4, 0.5) is 5.69 Å². The first-order chi connectivity index (χ1) is 11.1. The smallest absolute Gasteiger partial charge is 0.281 e. The molecule has 0 radical (unpaired) electrons. The van der Waals surface area contributed by atoms with E-state index in [0.29, 0.717) is 18.8 Å². The van der Waals surface area contributed by atoms with Crippen LogP contribution in [-0.4, -0.2) is 42.1 Å². The van der Waals surface area contributed by atoms with E-state index in [1.54, 1.807) is 24.3 Å². The molecule has 2 heterocycles. The lowest BCUT2D eigenvalue weighted by atomic mass is 10.1. The Labute approximate surface area is 134 Å². The molecule has 2 aromatic rings. The number of aryl methyl sites for hydroxylation is 1. The molecule has 0 aliphatic carbocycles. The van der Waals surface area contributed by atoms with Gasteiger partial charge in [-0.25, -0.2) is 0 Å². The lowest BCUT2D eigenvalue weighted by molar-refractivity contribution is 0.0986. The fourth-order valence-corrected chi connectivity index (χ4v) is 2.57. The van der Waals surface area contributed by atoms with Crippen molar-refractivity contribution >= 4 is 11.6 Å². The monoisotopic (exact) mass is 313 g/mol. The molecular weight excluding hydrogens is 294 g/mol. The van der Waals surface area contributed by atoms with Crippen LogP contribution in [0.15, 0.2) is 47.6 Å². The summed E-state index contributed by atoms with van der Waals surface area (Å²) >= 11 is 0. The molecule has 3 rings (SSSR count). The van der Waals surface area contributed by atoms with E-state index in [2.05, 4.69) is 9.89 Å². The predicted molar refractivity (Wildman–Crippen MR) is 85.7 cm³/mol. The molecular formula is C17H19N3O3. The Hall–Kier alpha value is -2.60. The van der Waals surface area contributed by atoms with E-state index >= 15 is 0 Å². The summed E-state index contributed by atoms with van der Waals surface area (Å²) in [5.41, 5.74) is 2.68. The summed E-state index contributed by atoms with van der Waals surface area (Å²) in [6, 6.07) is 10.6. The highest BCUT2D eigenvalue weighted by Gasteiger charge is 2.18. The van der Waals surface area contributed by atoms with Crippen LogP contribution < -0.4 is 10.4 Å². The molecule has 1 N–H and O–H groups in total. The largest absolute Gasteiger partial charge is 0.427 e. The molecule has 0 atom stereocenters. The van der Waals surface area contributed by atoms with Gasteiger partial charge in [0, 0.05) is 19.3 Å². The molecule has 1 aromatic carbocycles. The van der Waals surface area contributed by atoms with Crippen molar-refractivity contribution in [1.82, 2.24) is 4.73 Å². The van der Waals surface area contributed by atoms with Gasteiger partial charge in [-0.3, -0.25) is 4.79 Å². The molecule has 0 bridgehead atoms. The second-order valence-corrected chi connectivity index (χ2v) is 5.44. The van der Waals surface area contributed by atoms with Crippen LogP contribution >= 0.6 is 0 Å². The van der Waals surface area contributed by atoms with Crippen LogP contribution in [0, 0.1) is 6.92 Å². The van der Waals surface area contributed by atoms with Crippen LogP contribution in [0.2, 0.25) is 0 Å². The molecule has 1 fully saturated rings. The zero-order valence-corrected chi connectivity index (χ0v) is 13.0. The van der Waals surface area contributed by atoms with Crippen LogP contribution in [0.25, 0.3) is 0 Å². The predicted octanol–water partition coefficient (Wildman–Crippen LogP) is 1.61. The molecule has 1 aliphatic heterocycles. The van der Waals surface area contributed by atoms with Crippen LogP contribution in [0.5, 0.6) is 0 Å². The number of carbonyl (C=O) groups excluding carboxylic acids is 1. The third-order valence-electron chi connectivity index (χ3n) is 3.77. The fraction of sp³-hybridized carbons (Fsp3) is 0.294. The molecule has 0 saturated carbocycles. The molecule has 1 aromatic heterocycles. The Balaban J connectivity index is 2.00. The molecule has 6 nitrogen and oxygen atoms in total. The number of pyridine rings is 1. The first-order valence-corrected chi connectivity index (χ1v) is 7.54. The van der Waals surface area contributed by atoms with Gasteiger partial charge < -0.3 is 14.8 Å². The van der Waals surface area contributed by atoms with Gasteiger partial charge in [-0.1, -0.05) is 12.1 Å². The lowest BCUT2D eigenvalue weighted by Gasteiger charge is -2.30.